The number of hydrogen-bond donors (Lipinski definition) is 1. The van der Waals surface area contributed by atoms with E-state index in [1.165, 1.54) is 6.92 Å². The Morgan fingerprint density at radius 1 is 1.39 bits per heavy atom. The van der Waals surface area contributed by atoms with Gasteiger partial charge in [0.25, 0.3) is 0 Å². The second kappa shape index (κ2) is 8.01. The van der Waals surface area contributed by atoms with Crippen molar-refractivity contribution in [2.45, 2.75) is 46.5 Å². The molecular weight excluding hydrogens is 333 g/mol. The van der Waals surface area contributed by atoms with Gasteiger partial charge >= 0.3 is 6.18 Å². The standard InChI is InChI=1S/C14H22ClF3N4O/c1-5-21(6-2)7-9(3)19-11(23)8-22-10(4)12(15)13(20-22)14(16,17)18/h9H,5-8H2,1-4H3,(H,19,23)/t9-/m0/s1. The quantitative estimate of drug-likeness (QED) is 0.819. The van der Waals surface area contributed by atoms with Crippen LogP contribution in [0.25, 0.3) is 0 Å². The Balaban J connectivity index is 2.71. The van der Waals surface area contributed by atoms with E-state index in [2.05, 4.69) is 15.3 Å². The number of likely N-dealkylation sites (N-methyl/N-ethyl adjacent to an activating group) is 1. The van der Waals surface area contributed by atoms with Crippen LogP contribution in [0.15, 0.2) is 0 Å². The van der Waals surface area contributed by atoms with E-state index in [9.17, 15) is 18.0 Å². The van der Waals surface area contributed by atoms with Crippen molar-refractivity contribution in [3.63, 3.8) is 0 Å². The Morgan fingerprint density at radius 2 is 1.96 bits per heavy atom. The van der Waals surface area contributed by atoms with E-state index < -0.39 is 22.8 Å². The maximum atomic E-state index is 12.7. The number of carbonyl (C=O) groups is 1. The second-order valence-corrected chi connectivity index (χ2v) is 5.74. The normalized spacial score (nSPS) is 13.4. The first-order valence-electron chi connectivity index (χ1n) is 7.41. The van der Waals surface area contributed by atoms with Crippen molar-refractivity contribution in [2.24, 2.45) is 0 Å². The molecule has 1 heterocycles. The van der Waals surface area contributed by atoms with E-state index in [1.54, 1.807) is 0 Å². The van der Waals surface area contributed by atoms with Crippen LogP contribution in [0.3, 0.4) is 0 Å². The van der Waals surface area contributed by atoms with Crippen molar-refractivity contribution < 1.29 is 18.0 Å². The predicted octanol–water partition coefficient (Wildman–Crippen LogP) is 2.71. The molecule has 0 aliphatic rings. The van der Waals surface area contributed by atoms with Crippen LogP contribution >= 0.6 is 11.6 Å². The van der Waals surface area contributed by atoms with Gasteiger partial charge in [0.05, 0.1) is 10.7 Å². The summed E-state index contributed by atoms with van der Waals surface area (Å²) in [7, 11) is 0. The Morgan fingerprint density at radius 3 is 2.39 bits per heavy atom. The Kier molecular flexibility index (Phi) is 6.88. The first-order valence-corrected chi connectivity index (χ1v) is 7.79. The lowest BCUT2D eigenvalue weighted by Crippen LogP contribution is -2.43. The van der Waals surface area contributed by atoms with Crippen LogP contribution in [0.4, 0.5) is 13.2 Å². The van der Waals surface area contributed by atoms with E-state index >= 15 is 0 Å². The lowest BCUT2D eigenvalue weighted by molar-refractivity contribution is -0.141. The van der Waals surface area contributed by atoms with E-state index in [0.717, 1.165) is 17.8 Å². The summed E-state index contributed by atoms with van der Waals surface area (Å²) in [5, 5.41) is 5.70. The highest BCUT2D eigenvalue weighted by molar-refractivity contribution is 6.32. The van der Waals surface area contributed by atoms with Gasteiger partial charge in [0.15, 0.2) is 5.69 Å². The molecule has 0 radical (unpaired) electrons. The van der Waals surface area contributed by atoms with Crippen LogP contribution in [-0.2, 0) is 17.5 Å². The van der Waals surface area contributed by atoms with Crippen molar-refractivity contribution in [1.29, 1.82) is 0 Å². The zero-order valence-corrected chi connectivity index (χ0v) is 14.4. The highest BCUT2D eigenvalue weighted by atomic mass is 35.5. The molecule has 1 N–H and O–H groups in total. The topological polar surface area (TPSA) is 50.2 Å². The molecule has 5 nitrogen and oxygen atoms in total. The summed E-state index contributed by atoms with van der Waals surface area (Å²) in [5.74, 6) is -0.402. The first-order chi connectivity index (χ1) is 10.6. The molecule has 0 fully saturated rings. The second-order valence-electron chi connectivity index (χ2n) is 5.36. The number of nitrogens with zero attached hydrogens (tertiary/aromatic N) is 3. The Labute approximate surface area is 138 Å². The maximum Gasteiger partial charge on any atom is 0.436 e. The van der Waals surface area contributed by atoms with Gasteiger partial charge in [0, 0.05) is 12.6 Å². The molecule has 0 spiro atoms. The molecular formula is C14H22ClF3N4O. The summed E-state index contributed by atoms with van der Waals surface area (Å²) in [6, 6.07) is -0.115. The molecule has 0 saturated heterocycles. The van der Waals surface area contributed by atoms with E-state index in [0.29, 0.717) is 6.54 Å². The maximum absolute atomic E-state index is 12.7. The Hall–Kier alpha value is -1.28. The lowest BCUT2D eigenvalue weighted by atomic mass is 10.3. The molecule has 9 heteroatoms. The van der Waals surface area contributed by atoms with E-state index in [4.69, 9.17) is 11.6 Å². The van der Waals surface area contributed by atoms with Gasteiger partial charge in [-0.2, -0.15) is 18.3 Å². The minimum atomic E-state index is -4.64. The fourth-order valence-electron chi connectivity index (χ4n) is 2.23. The summed E-state index contributed by atoms with van der Waals surface area (Å²) in [5.41, 5.74) is -1.05. The third-order valence-corrected chi connectivity index (χ3v) is 3.98. The van der Waals surface area contributed by atoms with Gasteiger partial charge in [-0.3, -0.25) is 9.48 Å². The molecule has 1 rings (SSSR count). The molecule has 23 heavy (non-hydrogen) atoms. The molecule has 1 aromatic heterocycles. The van der Waals surface area contributed by atoms with Crippen LogP contribution < -0.4 is 5.32 Å². The van der Waals surface area contributed by atoms with Crippen LogP contribution in [0.5, 0.6) is 0 Å². The molecule has 0 aliphatic carbocycles. The minimum Gasteiger partial charge on any atom is -0.351 e. The van der Waals surface area contributed by atoms with Crippen molar-refractivity contribution in [2.75, 3.05) is 19.6 Å². The average molecular weight is 355 g/mol. The number of nitrogens with one attached hydrogen (secondary N) is 1. The van der Waals surface area contributed by atoms with Crippen LogP contribution in [0, 0.1) is 6.92 Å². The molecule has 0 saturated carbocycles. The fourth-order valence-corrected chi connectivity index (χ4v) is 2.47. The van der Waals surface area contributed by atoms with Crippen molar-refractivity contribution in [3.8, 4) is 0 Å². The number of rotatable bonds is 7. The van der Waals surface area contributed by atoms with Crippen LogP contribution in [0.1, 0.15) is 32.2 Å². The molecule has 1 amide bonds. The third-order valence-electron chi connectivity index (χ3n) is 3.53. The third kappa shape index (κ3) is 5.39. The number of amides is 1. The van der Waals surface area contributed by atoms with Gasteiger partial charge in [-0.15, -0.1) is 0 Å². The van der Waals surface area contributed by atoms with Gasteiger partial charge in [-0.1, -0.05) is 25.4 Å². The molecule has 1 aromatic rings. The van der Waals surface area contributed by atoms with E-state index in [1.807, 2.05) is 20.8 Å². The van der Waals surface area contributed by atoms with Crippen LogP contribution in [0.2, 0.25) is 5.02 Å². The molecule has 132 valence electrons. The van der Waals surface area contributed by atoms with Gasteiger partial charge in [0.2, 0.25) is 5.91 Å². The fraction of sp³-hybridized carbons (Fsp3) is 0.714. The highest BCUT2D eigenvalue weighted by Crippen LogP contribution is 2.35. The van der Waals surface area contributed by atoms with Gasteiger partial charge in [0.1, 0.15) is 6.54 Å². The molecule has 1 atom stereocenters. The van der Waals surface area contributed by atoms with Crippen molar-refractivity contribution in [3.05, 3.63) is 16.4 Å². The Bertz CT molecular complexity index is 541. The number of halogens is 4. The number of aromatic nitrogens is 2. The number of hydrogen-bond acceptors (Lipinski definition) is 3. The highest BCUT2D eigenvalue weighted by Gasteiger charge is 2.38. The monoisotopic (exact) mass is 354 g/mol. The van der Waals surface area contributed by atoms with Crippen molar-refractivity contribution in [1.82, 2.24) is 20.0 Å². The van der Waals surface area contributed by atoms with Gasteiger partial charge in [-0.25, -0.2) is 0 Å². The first kappa shape index (κ1) is 19.8. The van der Waals surface area contributed by atoms with Gasteiger partial charge < -0.3 is 10.2 Å². The zero-order valence-electron chi connectivity index (χ0n) is 13.7. The summed E-state index contributed by atoms with van der Waals surface area (Å²) in [6.07, 6.45) is -4.64. The molecule has 0 bridgehead atoms. The number of alkyl halides is 3. The molecule has 0 aliphatic heterocycles. The van der Waals surface area contributed by atoms with Crippen molar-refractivity contribution >= 4 is 17.5 Å². The summed E-state index contributed by atoms with van der Waals surface area (Å²) in [4.78, 5) is 14.1. The van der Waals surface area contributed by atoms with Crippen LogP contribution in [-0.4, -0.2) is 46.3 Å². The smallest absolute Gasteiger partial charge is 0.351 e. The largest absolute Gasteiger partial charge is 0.436 e. The SMILES string of the molecule is CCN(CC)C[C@H](C)NC(=O)Cn1nc(C(F)(F)F)c(Cl)c1C. The molecule has 0 aromatic carbocycles. The minimum absolute atomic E-state index is 0.115. The lowest BCUT2D eigenvalue weighted by Gasteiger charge is -2.23. The summed E-state index contributed by atoms with van der Waals surface area (Å²) < 4.78 is 39.2. The molecule has 0 unspecified atom stereocenters. The summed E-state index contributed by atoms with van der Waals surface area (Å²) in [6.45, 7) is 9.38. The average Bonchev–Trinajstić information content (AvgIpc) is 2.72. The predicted molar refractivity (Wildman–Crippen MR) is 82.4 cm³/mol. The number of carbonyl (C=O) groups excluding carboxylic acids is 1. The zero-order chi connectivity index (χ0) is 17.8. The van der Waals surface area contributed by atoms with E-state index in [-0.39, 0.29) is 18.3 Å². The summed E-state index contributed by atoms with van der Waals surface area (Å²) >= 11 is 5.65. The van der Waals surface area contributed by atoms with Gasteiger partial charge in [-0.05, 0) is 26.9 Å².